The van der Waals surface area contributed by atoms with Crippen molar-refractivity contribution in [1.82, 2.24) is 9.88 Å². The molecule has 0 radical (unpaired) electrons. The Bertz CT molecular complexity index is 520. The normalized spacial score (nSPS) is 11.0. The lowest BCUT2D eigenvalue weighted by atomic mass is 10.2. The molecule has 2 aromatic rings. The van der Waals surface area contributed by atoms with Crippen LogP contribution >= 0.6 is 0 Å². The largest absolute Gasteiger partial charge is 0.497 e. The number of oxazole rings is 1. The van der Waals surface area contributed by atoms with E-state index in [0.29, 0.717) is 5.89 Å². The molecule has 1 heterocycles. The minimum atomic E-state index is 0.659. The van der Waals surface area contributed by atoms with Gasteiger partial charge >= 0.3 is 0 Å². The molecule has 0 saturated heterocycles. The molecule has 0 aliphatic heterocycles. The third-order valence-electron chi connectivity index (χ3n) is 3.21. The Balaban J connectivity index is 2.00. The Hall–Kier alpha value is -1.81. The van der Waals surface area contributed by atoms with Crippen LogP contribution in [0.1, 0.15) is 25.5 Å². The van der Waals surface area contributed by atoms with Gasteiger partial charge in [-0.2, -0.15) is 0 Å². The van der Waals surface area contributed by atoms with Gasteiger partial charge in [-0.3, -0.25) is 0 Å². The molecule has 4 heteroatoms. The van der Waals surface area contributed by atoms with Crippen molar-refractivity contribution in [2.45, 2.75) is 26.3 Å². The topological polar surface area (TPSA) is 38.5 Å². The highest BCUT2D eigenvalue weighted by Gasteiger charge is 2.08. The first-order valence-electron chi connectivity index (χ1n) is 7.00. The first-order valence-corrected chi connectivity index (χ1v) is 7.00. The summed E-state index contributed by atoms with van der Waals surface area (Å²) in [5, 5.41) is 0. The third kappa shape index (κ3) is 3.84. The van der Waals surface area contributed by atoms with Crippen molar-refractivity contribution >= 4 is 0 Å². The monoisotopic (exact) mass is 274 g/mol. The average molecular weight is 274 g/mol. The average Bonchev–Trinajstić information content (AvgIpc) is 2.93. The second-order valence-electron chi connectivity index (χ2n) is 4.96. The molecule has 0 spiro atoms. The van der Waals surface area contributed by atoms with Gasteiger partial charge < -0.3 is 14.1 Å². The van der Waals surface area contributed by atoms with Gasteiger partial charge in [0.05, 0.1) is 12.8 Å². The van der Waals surface area contributed by atoms with Crippen LogP contribution in [0.25, 0.3) is 11.5 Å². The quantitative estimate of drug-likeness (QED) is 0.773. The van der Waals surface area contributed by atoms with Gasteiger partial charge in [0.1, 0.15) is 12.0 Å². The Labute approximate surface area is 120 Å². The number of rotatable bonds is 7. The number of hydrogen-bond acceptors (Lipinski definition) is 4. The summed E-state index contributed by atoms with van der Waals surface area (Å²) in [5.41, 5.74) is 1.93. The number of benzene rings is 1. The van der Waals surface area contributed by atoms with Crippen molar-refractivity contribution in [3.63, 3.8) is 0 Å². The van der Waals surface area contributed by atoms with Gasteiger partial charge in [0, 0.05) is 12.1 Å². The Morgan fingerprint density at radius 2 is 2.00 bits per heavy atom. The van der Waals surface area contributed by atoms with E-state index in [-0.39, 0.29) is 0 Å². The highest BCUT2D eigenvalue weighted by molar-refractivity contribution is 5.54. The molecule has 108 valence electrons. The lowest BCUT2D eigenvalue weighted by molar-refractivity contribution is 0.316. The maximum atomic E-state index is 5.55. The molecule has 0 fully saturated rings. The number of nitrogens with zero attached hydrogens (tertiary/aromatic N) is 2. The maximum absolute atomic E-state index is 5.55. The number of hydrogen-bond donors (Lipinski definition) is 0. The van der Waals surface area contributed by atoms with Gasteiger partial charge in [0.25, 0.3) is 0 Å². The van der Waals surface area contributed by atoms with Crippen molar-refractivity contribution in [1.29, 1.82) is 0 Å². The van der Waals surface area contributed by atoms with Crippen LogP contribution in [0.4, 0.5) is 0 Å². The molecule has 0 aliphatic carbocycles. The van der Waals surface area contributed by atoms with Gasteiger partial charge in [-0.25, -0.2) is 4.98 Å². The SMILES string of the molecule is CCCCN(C)Cc1coc(-c2ccc(OC)cc2)n1. The van der Waals surface area contributed by atoms with Gasteiger partial charge in [-0.1, -0.05) is 13.3 Å². The van der Waals surface area contributed by atoms with Crippen LogP contribution in [0, 0.1) is 0 Å². The maximum Gasteiger partial charge on any atom is 0.226 e. The molecular formula is C16H22N2O2. The second-order valence-corrected chi connectivity index (χ2v) is 4.96. The summed E-state index contributed by atoms with van der Waals surface area (Å²) in [4.78, 5) is 6.80. The summed E-state index contributed by atoms with van der Waals surface area (Å²) < 4.78 is 10.7. The smallest absolute Gasteiger partial charge is 0.226 e. The predicted octanol–water partition coefficient (Wildman–Crippen LogP) is 3.58. The summed E-state index contributed by atoms with van der Waals surface area (Å²) in [6.07, 6.45) is 4.15. The minimum Gasteiger partial charge on any atom is -0.497 e. The van der Waals surface area contributed by atoms with Crippen LogP contribution in [0.2, 0.25) is 0 Å². The molecule has 20 heavy (non-hydrogen) atoms. The zero-order chi connectivity index (χ0) is 14.4. The van der Waals surface area contributed by atoms with Crippen LogP contribution in [0.5, 0.6) is 5.75 Å². The van der Waals surface area contributed by atoms with Crippen LogP contribution < -0.4 is 4.74 Å². The Morgan fingerprint density at radius 3 is 2.65 bits per heavy atom. The zero-order valence-electron chi connectivity index (χ0n) is 12.4. The van der Waals surface area contributed by atoms with Crippen LogP contribution in [-0.4, -0.2) is 30.6 Å². The summed E-state index contributed by atoms with van der Waals surface area (Å²) in [7, 11) is 3.77. The predicted molar refractivity (Wildman–Crippen MR) is 79.7 cm³/mol. The standard InChI is InChI=1S/C16H22N2O2/c1-4-5-10-18(2)11-14-12-20-16(17-14)13-6-8-15(19-3)9-7-13/h6-9,12H,4-5,10-11H2,1-3H3. The minimum absolute atomic E-state index is 0.659. The molecule has 0 saturated carbocycles. The fourth-order valence-electron chi connectivity index (χ4n) is 2.03. The lowest BCUT2D eigenvalue weighted by Crippen LogP contribution is -2.19. The van der Waals surface area contributed by atoms with E-state index in [4.69, 9.17) is 9.15 Å². The van der Waals surface area contributed by atoms with Crippen molar-refractivity contribution < 1.29 is 9.15 Å². The van der Waals surface area contributed by atoms with Crippen molar-refractivity contribution in [2.24, 2.45) is 0 Å². The lowest BCUT2D eigenvalue weighted by Gasteiger charge is -2.13. The van der Waals surface area contributed by atoms with E-state index in [1.54, 1.807) is 13.4 Å². The highest BCUT2D eigenvalue weighted by Crippen LogP contribution is 2.22. The zero-order valence-corrected chi connectivity index (χ0v) is 12.4. The Kier molecular flexibility index (Phi) is 5.18. The van der Waals surface area contributed by atoms with E-state index < -0.39 is 0 Å². The summed E-state index contributed by atoms with van der Waals surface area (Å²) >= 11 is 0. The molecular weight excluding hydrogens is 252 g/mol. The number of unbranched alkanes of at least 4 members (excludes halogenated alkanes) is 1. The van der Waals surface area contributed by atoms with Crippen molar-refractivity contribution in [3.8, 4) is 17.2 Å². The fraction of sp³-hybridized carbons (Fsp3) is 0.438. The van der Waals surface area contributed by atoms with E-state index in [1.807, 2.05) is 24.3 Å². The summed E-state index contributed by atoms with van der Waals surface area (Å²) in [6, 6.07) is 7.73. The molecule has 0 unspecified atom stereocenters. The molecule has 1 aromatic carbocycles. The van der Waals surface area contributed by atoms with Gasteiger partial charge in [-0.05, 0) is 44.3 Å². The molecule has 0 atom stereocenters. The van der Waals surface area contributed by atoms with Crippen LogP contribution in [0.3, 0.4) is 0 Å². The van der Waals surface area contributed by atoms with Crippen LogP contribution in [-0.2, 0) is 6.54 Å². The summed E-state index contributed by atoms with van der Waals surface area (Å²) in [5.74, 6) is 1.49. The molecule has 0 bridgehead atoms. The number of ether oxygens (including phenoxy) is 1. The first-order chi connectivity index (χ1) is 9.72. The highest BCUT2D eigenvalue weighted by atomic mass is 16.5. The van der Waals surface area contributed by atoms with Gasteiger partial charge in [0.15, 0.2) is 0 Å². The second kappa shape index (κ2) is 7.10. The fourth-order valence-corrected chi connectivity index (χ4v) is 2.03. The molecule has 0 aliphatic rings. The molecule has 0 N–H and O–H groups in total. The third-order valence-corrected chi connectivity index (χ3v) is 3.21. The van der Waals surface area contributed by atoms with E-state index >= 15 is 0 Å². The van der Waals surface area contributed by atoms with E-state index in [1.165, 1.54) is 12.8 Å². The van der Waals surface area contributed by atoms with Crippen molar-refractivity contribution in [3.05, 3.63) is 36.2 Å². The number of methoxy groups -OCH3 is 1. The summed E-state index contributed by atoms with van der Waals surface area (Å²) in [6.45, 7) is 4.10. The van der Waals surface area contributed by atoms with E-state index in [0.717, 1.165) is 30.1 Å². The van der Waals surface area contributed by atoms with Gasteiger partial charge in [-0.15, -0.1) is 0 Å². The Morgan fingerprint density at radius 1 is 1.25 bits per heavy atom. The van der Waals surface area contributed by atoms with E-state index in [2.05, 4.69) is 23.9 Å². The molecule has 4 nitrogen and oxygen atoms in total. The van der Waals surface area contributed by atoms with E-state index in [9.17, 15) is 0 Å². The van der Waals surface area contributed by atoms with Crippen molar-refractivity contribution in [2.75, 3.05) is 20.7 Å². The van der Waals surface area contributed by atoms with Crippen LogP contribution in [0.15, 0.2) is 34.9 Å². The van der Waals surface area contributed by atoms with Gasteiger partial charge in [0.2, 0.25) is 5.89 Å². The molecule has 1 aromatic heterocycles. The first kappa shape index (κ1) is 14.6. The molecule has 0 amide bonds. The molecule has 2 rings (SSSR count). The number of aromatic nitrogens is 1.